The molecular formula is C11H11N3O3. The van der Waals surface area contributed by atoms with Crippen LogP contribution in [0.1, 0.15) is 0 Å². The number of benzene rings is 1. The maximum atomic E-state index is 10.9. The highest BCUT2D eigenvalue weighted by Gasteiger charge is 2.21. The van der Waals surface area contributed by atoms with E-state index in [0.717, 1.165) is 25.3 Å². The van der Waals surface area contributed by atoms with Crippen molar-refractivity contribution in [1.82, 2.24) is 9.78 Å². The van der Waals surface area contributed by atoms with Crippen LogP contribution >= 0.6 is 0 Å². The van der Waals surface area contributed by atoms with Crippen molar-refractivity contribution >= 4 is 16.6 Å². The minimum Gasteiger partial charge on any atom is -0.381 e. The number of fused-ring (bicyclic) bond motifs is 1. The van der Waals surface area contributed by atoms with Gasteiger partial charge in [-0.1, -0.05) is 6.07 Å². The Morgan fingerprint density at radius 1 is 1.53 bits per heavy atom. The zero-order valence-electron chi connectivity index (χ0n) is 9.07. The van der Waals surface area contributed by atoms with Gasteiger partial charge in [0, 0.05) is 18.5 Å². The van der Waals surface area contributed by atoms with Gasteiger partial charge < -0.3 is 4.74 Å². The fourth-order valence-corrected chi connectivity index (χ4v) is 2.03. The fraction of sp³-hybridized carbons (Fsp3) is 0.364. The highest BCUT2D eigenvalue weighted by Crippen LogP contribution is 2.26. The van der Waals surface area contributed by atoms with Gasteiger partial charge in [-0.15, -0.1) is 0 Å². The molecule has 0 spiro atoms. The van der Waals surface area contributed by atoms with Crippen LogP contribution in [0.2, 0.25) is 0 Å². The first-order chi connectivity index (χ1) is 8.25. The number of ether oxygens (including phenoxy) is 1. The predicted molar refractivity (Wildman–Crippen MR) is 60.7 cm³/mol. The molecule has 2 heterocycles. The molecule has 1 aromatic carbocycles. The van der Waals surface area contributed by atoms with E-state index in [2.05, 4.69) is 5.10 Å². The third-order valence-electron chi connectivity index (χ3n) is 3.00. The smallest absolute Gasteiger partial charge is 0.280 e. The van der Waals surface area contributed by atoms with E-state index in [1.807, 2.05) is 10.7 Å². The van der Waals surface area contributed by atoms with Crippen LogP contribution in [0.5, 0.6) is 0 Å². The van der Waals surface area contributed by atoms with Crippen molar-refractivity contribution in [2.45, 2.75) is 6.54 Å². The number of rotatable bonds is 3. The monoisotopic (exact) mass is 233 g/mol. The van der Waals surface area contributed by atoms with Crippen LogP contribution < -0.4 is 0 Å². The zero-order chi connectivity index (χ0) is 11.8. The molecule has 0 radical (unpaired) electrons. The Balaban J connectivity index is 2.03. The number of hydrogen-bond acceptors (Lipinski definition) is 4. The standard InChI is InChI=1S/C11H11N3O3/c15-14(16)11-3-1-2-10-9(11)4-12-13(10)5-8-6-17-7-8/h1-4,8H,5-7H2. The maximum Gasteiger partial charge on any atom is 0.280 e. The molecule has 3 rings (SSSR count). The first-order valence-corrected chi connectivity index (χ1v) is 5.42. The van der Waals surface area contributed by atoms with Crippen molar-refractivity contribution in [3.05, 3.63) is 34.5 Å². The second-order valence-electron chi connectivity index (χ2n) is 4.20. The van der Waals surface area contributed by atoms with Crippen LogP contribution in [-0.4, -0.2) is 27.9 Å². The number of non-ortho nitro benzene ring substituents is 1. The molecule has 2 aromatic rings. The van der Waals surface area contributed by atoms with Gasteiger partial charge in [-0.3, -0.25) is 14.8 Å². The first kappa shape index (κ1) is 10.2. The lowest BCUT2D eigenvalue weighted by Crippen LogP contribution is -2.31. The summed E-state index contributed by atoms with van der Waals surface area (Å²) in [7, 11) is 0. The molecule has 1 aliphatic heterocycles. The molecule has 0 aliphatic carbocycles. The van der Waals surface area contributed by atoms with Crippen molar-refractivity contribution in [2.75, 3.05) is 13.2 Å². The van der Waals surface area contributed by atoms with Gasteiger partial charge in [0.15, 0.2) is 0 Å². The Kier molecular flexibility index (Phi) is 2.29. The Morgan fingerprint density at radius 2 is 2.35 bits per heavy atom. The van der Waals surface area contributed by atoms with E-state index < -0.39 is 0 Å². The Labute approximate surface area is 96.9 Å². The zero-order valence-corrected chi connectivity index (χ0v) is 9.07. The summed E-state index contributed by atoms with van der Waals surface area (Å²) < 4.78 is 6.92. The quantitative estimate of drug-likeness (QED) is 0.596. The largest absolute Gasteiger partial charge is 0.381 e. The van der Waals surface area contributed by atoms with E-state index in [1.54, 1.807) is 12.3 Å². The summed E-state index contributed by atoms with van der Waals surface area (Å²) in [5.41, 5.74) is 0.921. The van der Waals surface area contributed by atoms with Crippen LogP contribution in [0.25, 0.3) is 10.9 Å². The lowest BCUT2D eigenvalue weighted by Gasteiger charge is -2.25. The van der Waals surface area contributed by atoms with Gasteiger partial charge in [0.25, 0.3) is 5.69 Å². The van der Waals surface area contributed by atoms with Crippen molar-refractivity contribution in [2.24, 2.45) is 5.92 Å². The summed E-state index contributed by atoms with van der Waals surface area (Å²) in [4.78, 5) is 10.5. The second-order valence-corrected chi connectivity index (χ2v) is 4.20. The highest BCUT2D eigenvalue weighted by molar-refractivity contribution is 5.87. The van der Waals surface area contributed by atoms with Crippen LogP contribution in [0.3, 0.4) is 0 Å². The fourth-order valence-electron chi connectivity index (χ4n) is 2.03. The molecule has 1 fully saturated rings. The van der Waals surface area contributed by atoms with Gasteiger partial charge in [0.2, 0.25) is 0 Å². The van der Waals surface area contributed by atoms with Gasteiger partial charge in [0.05, 0.1) is 35.2 Å². The molecule has 0 unspecified atom stereocenters. The Bertz CT molecular complexity index is 574. The molecule has 0 bridgehead atoms. The summed E-state index contributed by atoms with van der Waals surface area (Å²) in [5, 5.41) is 15.7. The van der Waals surface area contributed by atoms with Gasteiger partial charge in [-0.2, -0.15) is 5.10 Å². The van der Waals surface area contributed by atoms with E-state index in [-0.39, 0.29) is 10.6 Å². The van der Waals surface area contributed by atoms with Crippen LogP contribution in [-0.2, 0) is 11.3 Å². The number of hydrogen-bond donors (Lipinski definition) is 0. The molecule has 0 amide bonds. The molecule has 6 nitrogen and oxygen atoms in total. The van der Waals surface area contributed by atoms with Crippen molar-refractivity contribution in [3.8, 4) is 0 Å². The molecule has 0 N–H and O–H groups in total. The summed E-state index contributed by atoms with van der Waals surface area (Å²) in [6.45, 7) is 2.25. The van der Waals surface area contributed by atoms with Crippen LogP contribution in [0, 0.1) is 16.0 Å². The van der Waals surface area contributed by atoms with Crippen LogP contribution in [0.15, 0.2) is 24.4 Å². The van der Waals surface area contributed by atoms with Gasteiger partial charge >= 0.3 is 0 Å². The second kappa shape index (κ2) is 3.81. The number of aromatic nitrogens is 2. The lowest BCUT2D eigenvalue weighted by molar-refractivity contribution is -0.383. The minimum atomic E-state index is -0.374. The molecular weight excluding hydrogens is 222 g/mol. The average Bonchev–Trinajstić information content (AvgIpc) is 2.66. The minimum absolute atomic E-state index is 0.110. The van der Waals surface area contributed by atoms with E-state index in [1.165, 1.54) is 6.07 Å². The third kappa shape index (κ3) is 1.66. The van der Waals surface area contributed by atoms with E-state index in [9.17, 15) is 10.1 Å². The van der Waals surface area contributed by atoms with E-state index in [4.69, 9.17) is 4.74 Å². The molecule has 1 aromatic heterocycles. The average molecular weight is 233 g/mol. The van der Waals surface area contributed by atoms with Crippen molar-refractivity contribution < 1.29 is 9.66 Å². The van der Waals surface area contributed by atoms with Gasteiger partial charge in [-0.05, 0) is 6.07 Å². The normalized spacial score (nSPS) is 16.0. The molecule has 88 valence electrons. The molecule has 0 saturated carbocycles. The Hall–Kier alpha value is -1.95. The van der Waals surface area contributed by atoms with E-state index >= 15 is 0 Å². The summed E-state index contributed by atoms with van der Waals surface area (Å²) in [6.07, 6.45) is 1.56. The molecule has 1 aliphatic rings. The SMILES string of the molecule is O=[N+]([O-])c1cccc2c1cnn2CC1COC1. The number of nitro benzene ring substituents is 1. The summed E-state index contributed by atoms with van der Waals surface area (Å²) in [5.74, 6) is 0.470. The highest BCUT2D eigenvalue weighted by atomic mass is 16.6. The Morgan fingerprint density at radius 3 is 3.00 bits per heavy atom. The topological polar surface area (TPSA) is 70.2 Å². The van der Waals surface area contributed by atoms with E-state index in [0.29, 0.717) is 11.3 Å². The number of nitro groups is 1. The molecule has 1 saturated heterocycles. The number of nitrogens with zero attached hydrogens (tertiary/aromatic N) is 3. The first-order valence-electron chi connectivity index (χ1n) is 5.42. The molecule has 6 heteroatoms. The lowest BCUT2D eigenvalue weighted by atomic mass is 10.1. The van der Waals surface area contributed by atoms with Gasteiger partial charge in [-0.25, -0.2) is 0 Å². The van der Waals surface area contributed by atoms with Crippen molar-refractivity contribution in [3.63, 3.8) is 0 Å². The van der Waals surface area contributed by atoms with Crippen LogP contribution in [0.4, 0.5) is 5.69 Å². The van der Waals surface area contributed by atoms with Crippen molar-refractivity contribution in [1.29, 1.82) is 0 Å². The molecule has 17 heavy (non-hydrogen) atoms. The third-order valence-corrected chi connectivity index (χ3v) is 3.00. The van der Waals surface area contributed by atoms with Gasteiger partial charge in [0.1, 0.15) is 0 Å². The molecule has 0 atom stereocenters. The maximum absolute atomic E-state index is 10.9. The summed E-state index contributed by atoms with van der Waals surface area (Å²) in [6, 6.07) is 5.05. The predicted octanol–water partition coefficient (Wildman–Crippen LogP) is 1.59. The summed E-state index contributed by atoms with van der Waals surface area (Å²) >= 11 is 0.